The normalized spacial score (nSPS) is 10.9. The van der Waals surface area contributed by atoms with Crippen LogP contribution in [0.5, 0.6) is 11.5 Å². The van der Waals surface area contributed by atoms with E-state index in [2.05, 4.69) is 36.5 Å². The molecule has 2 aromatic heterocycles. The number of aromatic nitrogens is 4. The molecular weight excluding hydrogens is 462 g/mol. The molecule has 9 heteroatoms. The van der Waals surface area contributed by atoms with Crippen molar-refractivity contribution < 1.29 is 14.3 Å². The van der Waals surface area contributed by atoms with Gasteiger partial charge in [0.1, 0.15) is 11.5 Å². The highest BCUT2D eigenvalue weighted by Gasteiger charge is 2.21. The summed E-state index contributed by atoms with van der Waals surface area (Å²) in [4.78, 5) is 13.0. The Hall–Kier alpha value is -3.46. The molecule has 0 spiro atoms. The Labute approximate surface area is 187 Å². The molecule has 0 unspecified atom stereocenters. The molecule has 0 radical (unpaired) electrons. The van der Waals surface area contributed by atoms with Crippen LogP contribution in [0.1, 0.15) is 21.9 Å². The summed E-state index contributed by atoms with van der Waals surface area (Å²) >= 11 is 3.45. The standard InChI is InChI=1S/C22H20BrN5O3/c1-12-19(14-5-7-15(23)8-6-14)21-26-25-20(13(2)28(21)27-12)22(29)24-17-11-16(30-3)9-10-18(17)31-4/h5-11H,1-4H3,(H,24,29). The molecule has 0 saturated heterocycles. The maximum atomic E-state index is 13.0. The molecule has 0 bridgehead atoms. The minimum absolute atomic E-state index is 0.169. The van der Waals surface area contributed by atoms with E-state index >= 15 is 0 Å². The van der Waals surface area contributed by atoms with Gasteiger partial charge in [0.15, 0.2) is 11.3 Å². The zero-order valence-corrected chi connectivity index (χ0v) is 19.0. The minimum Gasteiger partial charge on any atom is -0.497 e. The third kappa shape index (κ3) is 3.84. The van der Waals surface area contributed by atoms with Crippen molar-refractivity contribution in [3.05, 3.63) is 64.0 Å². The van der Waals surface area contributed by atoms with Crippen LogP contribution in [0.15, 0.2) is 46.9 Å². The van der Waals surface area contributed by atoms with E-state index in [9.17, 15) is 4.79 Å². The Kier molecular flexibility index (Phi) is 5.60. The Balaban J connectivity index is 1.74. The average Bonchev–Trinajstić information content (AvgIpc) is 3.11. The van der Waals surface area contributed by atoms with Crippen molar-refractivity contribution in [3.63, 3.8) is 0 Å². The van der Waals surface area contributed by atoms with Gasteiger partial charge in [0.2, 0.25) is 0 Å². The van der Waals surface area contributed by atoms with E-state index in [4.69, 9.17) is 9.47 Å². The molecule has 0 aliphatic carbocycles. The van der Waals surface area contributed by atoms with Crippen molar-refractivity contribution >= 4 is 33.2 Å². The summed E-state index contributed by atoms with van der Waals surface area (Å²) in [6, 6.07) is 13.0. The molecule has 1 amide bonds. The Bertz CT molecular complexity index is 1280. The predicted octanol–water partition coefficient (Wildman–Crippen LogP) is 4.44. The molecule has 2 heterocycles. The van der Waals surface area contributed by atoms with Gasteiger partial charge >= 0.3 is 0 Å². The summed E-state index contributed by atoms with van der Waals surface area (Å²) in [5.74, 6) is 0.682. The van der Waals surface area contributed by atoms with Gasteiger partial charge in [-0.15, -0.1) is 10.2 Å². The van der Waals surface area contributed by atoms with Crippen LogP contribution in [-0.2, 0) is 0 Å². The monoisotopic (exact) mass is 481 g/mol. The molecule has 8 nitrogen and oxygen atoms in total. The average molecular weight is 482 g/mol. The van der Waals surface area contributed by atoms with Gasteiger partial charge in [-0.2, -0.15) is 5.10 Å². The van der Waals surface area contributed by atoms with Crippen molar-refractivity contribution in [2.75, 3.05) is 19.5 Å². The zero-order valence-electron chi connectivity index (χ0n) is 17.4. The molecule has 0 aliphatic rings. The van der Waals surface area contributed by atoms with Gasteiger partial charge in [-0.1, -0.05) is 28.1 Å². The SMILES string of the molecule is COc1ccc(OC)c(NC(=O)c2nnc3c(-c4ccc(Br)cc4)c(C)nn3c2C)c1. The molecule has 31 heavy (non-hydrogen) atoms. The van der Waals surface area contributed by atoms with E-state index in [1.807, 2.05) is 31.2 Å². The van der Waals surface area contributed by atoms with Crippen LogP contribution < -0.4 is 14.8 Å². The molecule has 0 aliphatic heterocycles. The largest absolute Gasteiger partial charge is 0.497 e. The minimum atomic E-state index is -0.420. The van der Waals surface area contributed by atoms with E-state index in [0.717, 1.165) is 21.3 Å². The Morgan fingerprint density at radius 3 is 2.45 bits per heavy atom. The molecular formula is C22H20BrN5O3. The van der Waals surface area contributed by atoms with Crippen LogP contribution in [-0.4, -0.2) is 39.9 Å². The maximum absolute atomic E-state index is 13.0. The van der Waals surface area contributed by atoms with Crippen LogP contribution >= 0.6 is 15.9 Å². The van der Waals surface area contributed by atoms with Gasteiger partial charge < -0.3 is 14.8 Å². The van der Waals surface area contributed by atoms with Gasteiger partial charge in [0.05, 0.1) is 36.9 Å². The fourth-order valence-electron chi connectivity index (χ4n) is 3.37. The van der Waals surface area contributed by atoms with Gasteiger partial charge in [0.25, 0.3) is 5.91 Å². The number of rotatable bonds is 5. The zero-order chi connectivity index (χ0) is 22.1. The maximum Gasteiger partial charge on any atom is 0.278 e. The number of carbonyl (C=O) groups is 1. The molecule has 1 N–H and O–H groups in total. The summed E-state index contributed by atoms with van der Waals surface area (Å²) in [5.41, 5.74) is 4.46. The predicted molar refractivity (Wildman–Crippen MR) is 121 cm³/mol. The molecule has 0 atom stereocenters. The van der Waals surface area contributed by atoms with E-state index in [1.165, 1.54) is 7.11 Å². The first-order chi connectivity index (χ1) is 14.9. The number of nitrogens with zero attached hydrogens (tertiary/aromatic N) is 4. The van der Waals surface area contributed by atoms with Crippen molar-refractivity contribution in [2.24, 2.45) is 0 Å². The van der Waals surface area contributed by atoms with Crippen molar-refractivity contribution in [1.29, 1.82) is 0 Å². The number of ether oxygens (including phenoxy) is 2. The van der Waals surface area contributed by atoms with Crippen LogP contribution in [0.3, 0.4) is 0 Å². The lowest BCUT2D eigenvalue weighted by atomic mass is 10.1. The molecule has 0 saturated carbocycles. The van der Waals surface area contributed by atoms with E-state index in [-0.39, 0.29) is 5.69 Å². The first-order valence-corrected chi connectivity index (χ1v) is 10.2. The molecule has 4 rings (SSSR count). The third-order valence-electron chi connectivity index (χ3n) is 4.94. The Morgan fingerprint density at radius 2 is 1.77 bits per heavy atom. The van der Waals surface area contributed by atoms with Gasteiger partial charge in [-0.25, -0.2) is 4.52 Å². The third-order valence-corrected chi connectivity index (χ3v) is 5.47. The highest BCUT2D eigenvalue weighted by molar-refractivity contribution is 9.10. The number of methoxy groups -OCH3 is 2. The highest BCUT2D eigenvalue weighted by atomic mass is 79.9. The smallest absolute Gasteiger partial charge is 0.278 e. The molecule has 4 aromatic rings. The van der Waals surface area contributed by atoms with Gasteiger partial charge in [0, 0.05) is 10.5 Å². The number of anilines is 1. The van der Waals surface area contributed by atoms with Crippen LogP contribution in [0, 0.1) is 13.8 Å². The fraction of sp³-hybridized carbons (Fsp3) is 0.182. The topological polar surface area (TPSA) is 90.6 Å². The van der Waals surface area contributed by atoms with E-state index in [1.54, 1.807) is 36.7 Å². The number of hydrogen-bond donors (Lipinski definition) is 1. The highest BCUT2D eigenvalue weighted by Crippen LogP contribution is 2.31. The summed E-state index contributed by atoms with van der Waals surface area (Å²) < 4.78 is 13.2. The first-order valence-electron chi connectivity index (χ1n) is 9.45. The number of hydrogen-bond acceptors (Lipinski definition) is 6. The fourth-order valence-corrected chi connectivity index (χ4v) is 3.63. The number of nitrogens with one attached hydrogen (secondary N) is 1. The summed E-state index contributed by atoms with van der Waals surface area (Å²) in [6.07, 6.45) is 0. The number of benzene rings is 2. The summed E-state index contributed by atoms with van der Waals surface area (Å²) in [7, 11) is 3.09. The lowest BCUT2D eigenvalue weighted by Crippen LogP contribution is -2.19. The van der Waals surface area contributed by atoms with Crippen LogP contribution in [0.25, 0.3) is 16.8 Å². The molecule has 158 valence electrons. The van der Waals surface area contributed by atoms with Crippen molar-refractivity contribution in [2.45, 2.75) is 13.8 Å². The second kappa shape index (κ2) is 8.35. The lowest BCUT2D eigenvalue weighted by molar-refractivity contribution is 0.101. The number of fused-ring (bicyclic) bond motifs is 1. The van der Waals surface area contributed by atoms with Crippen LogP contribution in [0.2, 0.25) is 0 Å². The van der Waals surface area contributed by atoms with E-state index < -0.39 is 5.91 Å². The molecule has 0 fully saturated rings. The number of aryl methyl sites for hydroxylation is 2. The second-order valence-electron chi connectivity index (χ2n) is 6.86. The molecule has 2 aromatic carbocycles. The number of halogens is 1. The van der Waals surface area contributed by atoms with Gasteiger partial charge in [-0.3, -0.25) is 4.79 Å². The quantitative estimate of drug-likeness (QED) is 0.453. The van der Waals surface area contributed by atoms with Gasteiger partial charge in [-0.05, 0) is 43.7 Å². The number of carbonyl (C=O) groups excluding carboxylic acids is 1. The number of amides is 1. The van der Waals surface area contributed by atoms with Crippen LogP contribution in [0.4, 0.5) is 5.69 Å². The summed E-state index contributed by atoms with van der Waals surface area (Å²) in [5, 5.41) is 16.0. The van der Waals surface area contributed by atoms with Crippen molar-refractivity contribution in [3.8, 4) is 22.6 Å². The summed E-state index contributed by atoms with van der Waals surface area (Å²) in [6.45, 7) is 3.70. The first kappa shape index (κ1) is 20.8. The lowest BCUT2D eigenvalue weighted by Gasteiger charge is -2.12. The van der Waals surface area contributed by atoms with Crippen molar-refractivity contribution in [1.82, 2.24) is 19.8 Å². The second-order valence-corrected chi connectivity index (χ2v) is 7.77. The van der Waals surface area contributed by atoms with E-state index in [0.29, 0.717) is 28.5 Å². The Morgan fingerprint density at radius 1 is 1.03 bits per heavy atom.